The van der Waals surface area contributed by atoms with Crippen LogP contribution in [0.15, 0.2) is 23.1 Å². The lowest BCUT2D eigenvalue weighted by Crippen LogP contribution is -2.57. The van der Waals surface area contributed by atoms with E-state index < -0.39 is 5.92 Å². The van der Waals surface area contributed by atoms with E-state index >= 15 is 0 Å². The second-order valence-electron chi connectivity index (χ2n) is 9.92. The zero-order valence-electron chi connectivity index (χ0n) is 21.3. The predicted octanol–water partition coefficient (Wildman–Crippen LogP) is 3.59. The summed E-state index contributed by atoms with van der Waals surface area (Å²) >= 11 is 1.69. The smallest absolute Gasteiger partial charge is 0.272 e. The SMILES string of the molecule is COc1cccc2c1SCc1c-2n[nH]c1C(=O)N1CCOCC1.FC1(F)CN(CCN2CCCCC2)C1. The van der Waals surface area contributed by atoms with Crippen molar-refractivity contribution in [2.45, 2.75) is 35.8 Å². The number of thioether (sulfide) groups is 1. The zero-order valence-corrected chi connectivity index (χ0v) is 22.1. The van der Waals surface area contributed by atoms with Crippen LogP contribution in [0.1, 0.15) is 35.3 Å². The van der Waals surface area contributed by atoms with Gasteiger partial charge in [-0.15, -0.1) is 11.8 Å². The van der Waals surface area contributed by atoms with Gasteiger partial charge in [-0.1, -0.05) is 18.6 Å². The number of halogens is 2. The van der Waals surface area contributed by atoms with Gasteiger partial charge in [-0.2, -0.15) is 5.10 Å². The molecule has 37 heavy (non-hydrogen) atoms. The minimum atomic E-state index is -2.40. The van der Waals surface area contributed by atoms with E-state index in [4.69, 9.17) is 9.47 Å². The standard InChI is InChI=1S/C16H17N3O3S.C10H18F2N2/c1-21-12-4-2-3-10-13-11(9-23-15(10)12)14(18-17-13)16(20)19-5-7-22-8-6-19;11-10(12)8-14(9-10)7-6-13-4-2-1-3-5-13/h2-4H,5-9H2,1H3,(H,17,18);1-9H2. The number of H-pyrrole nitrogens is 1. The number of rotatable bonds is 5. The summed E-state index contributed by atoms with van der Waals surface area (Å²) in [5.74, 6) is -0.830. The highest BCUT2D eigenvalue weighted by atomic mass is 32.2. The number of amides is 1. The van der Waals surface area contributed by atoms with E-state index in [1.807, 2.05) is 28.0 Å². The maximum absolute atomic E-state index is 12.7. The molecule has 0 radical (unpaired) electrons. The highest BCUT2D eigenvalue weighted by Gasteiger charge is 2.43. The molecule has 0 spiro atoms. The van der Waals surface area contributed by atoms with Gasteiger partial charge in [0.15, 0.2) is 0 Å². The number of carbonyl (C=O) groups excluding carboxylic acids is 1. The van der Waals surface area contributed by atoms with Crippen LogP contribution in [0.4, 0.5) is 8.78 Å². The van der Waals surface area contributed by atoms with Crippen molar-refractivity contribution in [3.63, 3.8) is 0 Å². The van der Waals surface area contributed by atoms with Gasteiger partial charge in [0.25, 0.3) is 11.8 Å². The first-order chi connectivity index (χ1) is 17.9. The van der Waals surface area contributed by atoms with Gasteiger partial charge in [-0.05, 0) is 32.0 Å². The number of nitrogens with zero attached hydrogens (tertiary/aromatic N) is 4. The van der Waals surface area contributed by atoms with Gasteiger partial charge in [0.1, 0.15) is 11.4 Å². The first-order valence-corrected chi connectivity index (χ1v) is 14.0. The molecule has 1 aromatic carbocycles. The Bertz CT molecular complexity index is 1080. The molecule has 202 valence electrons. The summed E-state index contributed by atoms with van der Waals surface area (Å²) < 4.78 is 35.7. The van der Waals surface area contributed by atoms with Crippen LogP contribution >= 0.6 is 11.8 Å². The number of nitrogens with one attached hydrogen (secondary N) is 1. The Hall–Kier alpha value is -2.21. The number of aromatic nitrogens is 2. The largest absolute Gasteiger partial charge is 0.496 e. The lowest BCUT2D eigenvalue weighted by Gasteiger charge is -2.40. The van der Waals surface area contributed by atoms with E-state index in [2.05, 4.69) is 15.1 Å². The van der Waals surface area contributed by atoms with Crippen molar-refractivity contribution < 1.29 is 23.0 Å². The molecule has 4 aliphatic rings. The zero-order chi connectivity index (χ0) is 25.8. The van der Waals surface area contributed by atoms with Gasteiger partial charge in [0, 0.05) is 43.1 Å². The summed E-state index contributed by atoms with van der Waals surface area (Å²) in [6.07, 6.45) is 3.88. The highest BCUT2D eigenvalue weighted by Crippen LogP contribution is 2.46. The van der Waals surface area contributed by atoms with Crippen molar-refractivity contribution in [2.75, 3.05) is 72.7 Å². The third-order valence-electron chi connectivity index (χ3n) is 7.29. The van der Waals surface area contributed by atoms with Crippen molar-refractivity contribution >= 4 is 17.7 Å². The molecule has 6 rings (SSSR count). The van der Waals surface area contributed by atoms with E-state index in [0.717, 1.165) is 53.6 Å². The Morgan fingerprint density at radius 2 is 1.84 bits per heavy atom. The average molecular weight is 536 g/mol. The fourth-order valence-corrected chi connectivity index (χ4v) is 6.40. The summed E-state index contributed by atoms with van der Waals surface area (Å²) in [4.78, 5) is 19.9. The van der Waals surface area contributed by atoms with Crippen molar-refractivity contribution in [1.29, 1.82) is 0 Å². The molecule has 8 nitrogen and oxygen atoms in total. The highest BCUT2D eigenvalue weighted by molar-refractivity contribution is 7.98. The molecule has 4 aliphatic heterocycles. The normalized spacial score (nSPS) is 21.2. The number of alkyl halides is 2. The first-order valence-electron chi connectivity index (χ1n) is 13.0. The van der Waals surface area contributed by atoms with E-state index in [1.165, 1.54) is 19.3 Å². The van der Waals surface area contributed by atoms with Crippen LogP contribution in [0.5, 0.6) is 5.75 Å². The third kappa shape index (κ3) is 6.10. The van der Waals surface area contributed by atoms with Crippen LogP contribution < -0.4 is 4.74 Å². The van der Waals surface area contributed by atoms with Crippen molar-refractivity contribution in [3.05, 3.63) is 29.5 Å². The number of ether oxygens (including phenoxy) is 2. The van der Waals surface area contributed by atoms with Crippen LogP contribution in [0.2, 0.25) is 0 Å². The number of likely N-dealkylation sites (tertiary alicyclic amines) is 2. The van der Waals surface area contributed by atoms with Crippen LogP contribution in [0.3, 0.4) is 0 Å². The molecule has 5 heterocycles. The number of methoxy groups -OCH3 is 1. The first kappa shape index (κ1) is 26.4. The van der Waals surface area contributed by atoms with Crippen LogP contribution in [0.25, 0.3) is 11.3 Å². The molecule has 1 aromatic heterocycles. The predicted molar refractivity (Wildman–Crippen MR) is 139 cm³/mol. The van der Waals surface area contributed by atoms with Crippen LogP contribution in [-0.2, 0) is 10.5 Å². The van der Waals surface area contributed by atoms with Gasteiger partial charge in [-0.3, -0.25) is 14.8 Å². The van der Waals surface area contributed by atoms with Crippen LogP contribution in [0, 0.1) is 0 Å². The average Bonchev–Trinajstić information content (AvgIpc) is 3.36. The Morgan fingerprint density at radius 3 is 2.54 bits per heavy atom. The number of piperidine rings is 1. The summed E-state index contributed by atoms with van der Waals surface area (Å²) in [6, 6.07) is 5.92. The Balaban J connectivity index is 0.000000171. The number of fused-ring (bicyclic) bond motifs is 3. The maximum atomic E-state index is 12.7. The van der Waals surface area contributed by atoms with Gasteiger partial charge in [0.05, 0.1) is 44.0 Å². The molecule has 1 N–H and O–H groups in total. The third-order valence-corrected chi connectivity index (χ3v) is 8.43. The monoisotopic (exact) mass is 535 g/mol. The molecular weight excluding hydrogens is 500 g/mol. The Kier molecular flexibility index (Phi) is 8.33. The number of carbonyl (C=O) groups is 1. The molecule has 11 heteroatoms. The lowest BCUT2D eigenvalue weighted by atomic mass is 10.1. The van der Waals surface area contributed by atoms with Gasteiger partial charge < -0.3 is 19.3 Å². The molecule has 0 saturated carbocycles. The molecule has 0 aliphatic carbocycles. The summed E-state index contributed by atoms with van der Waals surface area (Å²) in [6.45, 7) is 6.49. The summed E-state index contributed by atoms with van der Waals surface area (Å²) in [7, 11) is 1.67. The van der Waals surface area contributed by atoms with Gasteiger partial charge in [-0.25, -0.2) is 8.78 Å². The molecule has 0 atom stereocenters. The number of benzene rings is 1. The Morgan fingerprint density at radius 1 is 1.11 bits per heavy atom. The summed E-state index contributed by atoms with van der Waals surface area (Å²) in [5.41, 5.74) is 3.46. The number of hydrogen-bond donors (Lipinski definition) is 1. The number of morpholine rings is 1. The number of hydrogen-bond acceptors (Lipinski definition) is 7. The molecule has 3 fully saturated rings. The molecule has 2 aromatic rings. The molecule has 0 unspecified atom stereocenters. The second-order valence-corrected chi connectivity index (χ2v) is 10.9. The van der Waals surface area contributed by atoms with Crippen LogP contribution in [-0.4, -0.2) is 109 Å². The van der Waals surface area contributed by atoms with E-state index in [1.54, 1.807) is 18.9 Å². The number of aromatic amines is 1. The van der Waals surface area contributed by atoms with Gasteiger partial charge in [0.2, 0.25) is 0 Å². The van der Waals surface area contributed by atoms with E-state index in [0.29, 0.717) is 37.8 Å². The molecule has 0 bridgehead atoms. The molecule has 1 amide bonds. The van der Waals surface area contributed by atoms with E-state index in [-0.39, 0.29) is 19.0 Å². The van der Waals surface area contributed by atoms with Crippen molar-refractivity contribution in [2.24, 2.45) is 0 Å². The Labute approximate surface area is 220 Å². The second kappa shape index (κ2) is 11.7. The quantitative estimate of drug-likeness (QED) is 0.627. The molecule has 3 saturated heterocycles. The lowest BCUT2D eigenvalue weighted by molar-refractivity contribution is -0.131. The topological polar surface area (TPSA) is 73.9 Å². The minimum Gasteiger partial charge on any atom is -0.496 e. The molecular formula is C26H35F2N5O3S. The minimum absolute atomic E-state index is 0.00833. The van der Waals surface area contributed by atoms with Gasteiger partial charge >= 0.3 is 0 Å². The van der Waals surface area contributed by atoms with Crippen molar-refractivity contribution in [3.8, 4) is 17.0 Å². The fourth-order valence-electron chi connectivity index (χ4n) is 5.22. The van der Waals surface area contributed by atoms with E-state index in [9.17, 15) is 13.6 Å². The summed E-state index contributed by atoms with van der Waals surface area (Å²) in [5, 5.41) is 7.37. The fraction of sp³-hybridized carbons (Fsp3) is 0.615. The van der Waals surface area contributed by atoms with Crippen molar-refractivity contribution in [1.82, 2.24) is 24.9 Å². The maximum Gasteiger partial charge on any atom is 0.272 e.